The largest absolute Gasteiger partial charge is 0.396 e. The van der Waals surface area contributed by atoms with Crippen LogP contribution in [0.3, 0.4) is 0 Å². The fourth-order valence-electron chi connectivity index (χ4n) is 6.89. The second-order valence-corrected chi connectivity index (χ2v) is 9.70. The molecule has 0 aromatic rings. The molecule has 0 heterocycles. The van der Waals surface area contributed by atoms with Gasteiger partial charge in [0.15, 0.2) is 0 Å². The lowest BCUT2D eigenvalue weighted by Gasteiger charge is -2.57. The molecule has 3 fully saturated rings. The summed E-state index contributed by atoms with van der Waals surface area (Å²) in [6, 6.07) is 0. The van der Waals surface area contributed by atoms with E-state index >= 15 is 0 Å². The average molecular weight is 361 g/mol. The first-order chi connectivity index (χ1) is 12.5. The van der Waals surface area contributed by atoms with Gasteiger partial charge in [0.1, 0.15) is 6.61 Å². The summed E-state index contributed by atoms with van der Waals surface area (Å²) >= 11 is 0. The van der Waals surface area contributed by atoms with Crippen LogP contribution in [-0.4, -0.2) is 30.1 Å². The number of aliphatic hydroxyl groups is 1. The molecule has 0 aromatic heterocycles. The Hall–Kier alpha value is -0.870. The Balaban J connectivity index is 1.52. The zero-order valence-corrected chi connectivity index (χ0v) is 16.5. The fourth-order valence-corrected chi connectivity index (χ4v) is 6.89. The number of nitrogens with two attached hydrogens (primary N) is 1. The number of hydrogen-bond acceptors (Lipinski definition) is 4. The molecule has 3 N–H and O–H groups in total. The van der Waals surface area contributed by atoms with Gasteiger partial charge in [-0.3, -0.25) is 0 Å². The van der Waals surface area contributed by atoms with Crippen molar-refractivity contribution in [3.05, 3.63) is 11.6 Å². The van der Waals surface area contributed by atoms with Gasteiger partial charge >= 0.3 is 0 Å². The Bertz CT molecular complexity index is 601. The van der Waals surface area contributed by atoms with E-state index in [1.165, 1.54) is 38.5 Å². The number of fused-ring (bicyclic) bond motifs is 5. The van der Waals surface area contributed by atoms with Gasteiger partial charge in [0.05, 0.1) is 11.8 Å². The lowest BCUT2D eigenvalue weighted by Crippen LogP contribution is -2.51. The maximum absolute atomic E-state index is 10.6. The molecule has 0 radical (unpaired) electrons. The molecule has 0 aliphatic heterocycles. The third-order valence-corrected chi connectivity index (χ3v) is 8.55. The molecule has 4 aliphatic carbocycles. The average Bonchev–Trinajstić information content (AvgIpc) is 2.94. The van der Waals surface area contributed by atoms with Crippen molar-refractivity contribution in [2.24, 2.45) is 39.5 Å². The highest BCUT2D eigenvalue weighted by molar-refractivity contribution is 5.96. The minimum absolute atomic E-state index is 0.0750. The van der Waals surface area contributed by atoms with Crippen molar-refractivity contribution in [1.82, 2.24) is 0 Å². The van der Waals surface area contributed by atoms with E-state index in [2.05, 4.69) is 25.1 Å². The van der Waals surface area contributed by atoms with Crippen LogP contribution in [0.2, 0.25) is 0 Å². The van der Waals surface area contributed by atoms with Crippen molar-refractivity contribution in [3.63, 3.8) is 0 Å². The molecule has 0 saturated heterocycles. The molecule has 0 amide bonds. The van der Waals surface area contributed by atoms with Gasteiger partial charge in [-0.2, -0.15) is 0 Å². The predicted molar refractivity (Wildman–Crippen MR) is 105 cm³/mol. The van der Waals surface area contributed by atoms with E-state index in [1.807, 2.05) is 0 Å². The Morgan fingerprint density at radius 2 is 2.00 bits per heavy atom. The van der Waals surface area contributed by atoms with Crippen LogP contribution in [0.25, 0.3) is 0 Å². The van der Waals surface area contributed by atoms with Gasteiger partial charge in [0.25, 0.3) is 0 Å². The van der Waals surface area contributed by atoms with Crippen LogP contribution in [0.5, 0.6) is 0 Å². The van der Waals surface area contributed by atoms with Crippen LogP contribution in [0.1, 0.15) is 71.6 Å². The van der Waals surface area contributed by atoms with Crippen LogP contribution in [0.4, 0.5) is 0 Å². The van der Waals surface area contributed by atoms with Gasteiger partial charge in [0.2, 0.25) is 0 Å². The number of hydrogen-bond donors (Lipinski definition) is 2. The molecule has 26 heavy (non-hydrogen) atoms. The van der Waals surface area contributed by atoms with Crippen LogP contribution in [0.15, 0.2) is 16.8 Å². The zero-order valence-electron chi connectivity index (χ0n) is 16.5. The minimum atomic E-state index is -0.0750. The van der Waals surface area contributed by atoms with Crippen LogP contribution < -0.4 is 5.73 Å². The van der Waals surface area contributed by atoms with Crippen LogP contribution in [-0.2, 0) is 4.84 Å². The highest BCUT2D eigenvalue weighted by Gasteiger charge is 2.58. The van der Waals surface area contributed by atoms with Crippen molar-refractivity contribution in [3.8, 4) is 0 Å². The van der Waals surface area contributed by atoms with Gasteiger partial charge in [-0.1, -0.05) is 24.6 Å². The lowest BCUT2D eigenvalue weighted by atomic mass is 9.47. The highest BCUT2D eigenvalue weighted by atomic mass is 16.6. The maximum Gasteiger partial charge on any atom is 0.118 e. The molecule has 6 atom stereocenters. The maximum atomic E-state index is 10.6. The van der Waals surface area contributed by atoms with Crippen LogP contribution >= 0.6 is 0 Å². The van der Waals surface area contributed by atoms with E-state index < -0.39 is 0 Å². The van der Waals surface area contributed by atoms with Crippen molar-refractivity contribution < 1.29 is 9.94 Å². The van der Waals surface area contributed by atoms with Gasteiger partial charge < -0.3 is 15.7 Å². The fraction of sp³-hybridized carbons (Fsp3) is 0.864. The summed E-state index contributed by atoms with van der Waals surface area (Å²) in [7, 11) is 0. The Morgan fingerprint density at radius 3 is 2.81 bits per heavy atom. The summed E-state index contributed by atoms with van der Waals surface area (Å²) in [4.78, 5) is 5.45. The smallest absolute Gasteiger partial charge is 0.118 e. The second-order valence-electron chi connectivity index (χ2n) is 9.70. The number of nitrogens with zero attached hydrogens (tertiary/aromatic N) is 1. The Kier molecular flexibility index (Phi) is 4.94. The van der Waals surface area contributed by atoms with Crippen molar-refractivity contribution in [2.45, 2.75) is 77.7 Å². The zero-order chi connectivity index (χ0) is 18.4. The van der Waals surface area contributed by atoms with Gasteiger partial charge in [-0.25, -0.2) is 0 Å². The molecule has 0 bridgehead atoms. The summed E-state index contributed by atoms with van der Waals surface area (Å²) in [5.74, 6) is 2.31. The van der Waals surface area contributed by atoms with E-state index in [0.717, 1.165) is 42.7 Å². The molecule has 4 aliphatic rings. The first kappa shape index (κ1) is 18.5. The predicted octanol–water partition coefficient (Wildman–Crippen LogP) is 4.03. The summed E-state index contributed by atoms with van der Waals surface area (Å²) in [5, 5.41) is 14.9. The normalized spacial score (nSPS) is 46.3. The molecule has 146 valence electrons. The molecular weight excluding hydrogens is 324 g/mol. The molecular formula is C22H36N2O2. The SMILES string of the molecule is C[C@]12CCC(=NOCCCN)C=C1CCC1C2CC[C@@]2(C)C1CC[C@H]2O. The summed E-state index contributed by atoms with van der Waals surface area (Å²) in [6.45, 7) is 6.15. The topological polar surface area (TPSA) is 67.8 Å². The van der Waals surface area contributed by atoms with Crippen molar-refractivity contribution in [2.75, 3.05) is 13.2 Å². The quantitative estimate of drug-likeness (QED) is 0.587. The summed E-state index contributed by atoms with van der Waals surface area (Å²) < 4.78 is 0. The van der Waals surface area contributed by atoms with Gasteiger partial charge in [-0.05, 0) is 99.0 Å². The summed E-state index contributed by atoms with van der Waals surface area (Å²) in [6.07, 6.45) is 12.6. The monoisotopic (exact) mass is 360 g/mol. The third-order valence-electron chi connectivity index (χ3n) is 8.55. The van der Waals surface area contributed by atoms with E-state index in [1.54, 1.807) is 5.57 Å². The first-order valence-electron chi connectivity index (χ1n) is 10.8. The minimum Gasteiger partial charge on any atom is -0.396 e. The highest BCUT2D eigenvalue weighted by Crippen LogP contribution is 2.65. The second kappa shape index (κ2) is 6.94. The van der Waals surface area contributed by atoms with Gasteiger partial charge in [0, 0.05) is 0 Å². The van der Waals surface area contributed by atoms with E-state index in [4.69, 9.17) is 10.6 Å². The lowest BCUT2D eigenvalue weighted by molar-refractivity contribution is -0.0722. The molecule has 4 rings (SSSR count). The van der Waals surface area contributed by atoms with Gasteiger partial charge in [-0.15, -0.1) is 0 Å². The molecule has 3 saturated carbocycles. The first-order valence-corrected chi connectivity index (χ1v) is 10.8. The molecule has 4 nitrogen and oxygen atoms in total. The molecule has 3 unspecified atom stereocenters. The van der Waals surface area contributed by atoms with E-state index in [0.29, 0.717) is 18.6 Å². The van der Waals surface area contributed by atoms with Crippen LogP contribution in [0, 0.1) is 28.6 Å². The third kappa shape index (κ3) is 2.84. The summed E-state index contributed by atoms with van der Waals surface area (Å²) in [5.41, 5.74) is 8.74. The molecule has 0 aromatic carbocycles. The number of aliphatic hydroxyl groups excluding tert-OH is 1. The Morgan fingerprint density at radius 1 is 1.15 bits per heavy atom. The molecule has 4 heteroatoms. The number of allylic oxidation sites excluding steroid dienone is 2. The molecule has 0 spiro atoms. The van der Waals surface area contributed by atoms with E-state index in [9.17, 15) is 5.11 Å². The Labute approximate surface area is 158 Å². The van der Waals surface area contributed by atoms with Crippen molar-refractivity contribution in [1.29, 1.82) is 0 Å². The number of rotatable bonds is 4. The van der Waals surface area contributed by atoms with E-state index in [-0.39, 0.29) is 11.5 Å². The standard InChI is InChI=1S/C22H36N2O2/c1-21-10-8-16(24-26-13-3-12-23)14-15(21)4-5-17-18-6-7-20(25)22(18,2)11-9-19(17)21/h14,17-20,25H,3-13,23H2,1-2H3/t17?,18?,19?,20-,21+,22+/m1/s1. The van der Waals surface area contributed by atoms with Crippen molar-refractivity contribution >= 4 is 5.71 Å². The number of oxime groups is 1.